The molecule has 1 amide bonds. The summed E-state index contributed by atoms with van der Waals surface area (Å²) < 4.78 is 33.4. The Labute approximate surface area is 194 Å². The van der Waals surface area contributed by atoms with Crippen LogP contribution in [0.4, 0.5) is 11.4 Å². The van der Waals surface area contributed by atoms with Gasteiger partial charge in [-0.2, -0.15) is 0 Å². The first kappa shape index (κ1) is 22.7. The van der Waals surface area contributed by atoms with Crippen molar-refractivity contribution >= 4 is 27.3 Å². The van der Waals surface area contributed by atoms with E-state index in [4.69, 9.17) is 4.74 Å². The van der Waals surface area contributed by atoms with Gasteiger partial charge in [0.25, 0.3) is 15.9 Å². The van der Waals surface area contributed by atoms with Crippen molar-refractivity contribution in [3.63, 3.8) is 0 Å². The van der Waals surface area contributed by atoms with Gasteiger partial charge in [0, 0.05) is 31.0 Å². The second-order valence-corrected chi connectivity index (χ2v) is 9.56. The highest BCUT2D eigenvalue weighted by atomic mass is 32.2. The number of ether oxygens (including phenoxy) is 1. The van der Waals surface area contributed by atoms with Gasteiger partial charge in [-0.15, -0.1) is 0 Å². The predicted molar refractivity (Wildman–Crippen MR) is 129 cm³/mol. The van der Waals surface area contributed by atoms with Crippen LogP contribution in [0.5, 0.6) is 5.75 Å². The first-order chi connectivity index (χ1) is 16.0. The molecule has 1 saturated heterocycles. The number of sulfonamides is 1. The van der Waals surface area contributed by atoms with Gasteiger partial charge in [-0.05, 0) is 60.9 Å². The lowest BCUT2D eigenvalue weighted by Crippen LogP contribution is -2.27. The van der Waals surface area contributed by atoms with Gasteiger partial charge in [-0.3, -0.25) is 9.52 Å². The number of hydrogen-bond donors (Lipinski definition) is 2. The van der Waals surface area contributed by atoms with Crippen molar-refractivity contribution in [3.05, 3.63) is 83.9 Å². The van der Waals surface area contributed by atoms with Crippen LogP contribution in [-0.2, 0) is 16.6 Å². The molecule has 0 saturated carbocycles. The number of nitrogens with one attached hydrogen (secondary N) is 2. The summed E-state index contributed by atoms with van der Waals surface area (Å²) in [6.07, 6.45) is 2.13. The lowest BCUT2D eigenvalue weighted by molar-refractivity contribution is 0.0951. The Bertz CT molecular complexity index is 1210. The van der Waals surface area contributed by atoms with Gasteiger partial charge in [0.15, 0.2) is 0 Å². The van der Waals surface area contributed by atoms with Crippen molar-refractivity contribution < 1.29 is 17.9 Å². The fourth-order valence-corrected chi connectivity index (χ4v) is 4.91. The van der Waals surface area contributed by atoms with Crippen LogP contribution in [0.15, 0.2) is 77.7 Å². The van der Waals surface area contributed by atoms with Crippen LogP contribution in [0.1, 0.15) is 28.8 Å². The number of hydrogen-bond acceptors (Lipinski definition) is 5. The standard InChI is InChI=1S/C25H27N3O4S/c1-32-21-10-12-22(13-11-21)33(30,31)27-20-9-14-24(28-15-5-6-16-28)23(17-20)25(29)26-18-19-7-3-2-4-8-19/h2-4,7-14,17,27H,5-6,15-16,18H2,1H3,(H,26,29). The molecule has 0 spiro atoms. The molecule has 3 aromatic carbocycles. The van der Waals surface area contributed by atoms with E-state index in [2.05, 4.69) is 14.9 Å². The molecule has 1 heterocycles. The number of methoxy groups -OCH3 is 1. The van der Waals surface area contributed by atoms with E-state index in [-0.39, 0.29) is 10.8 Å². The SMILES string of the molecule is COc1ccc(S(=O)(=O)Nc2ccc(N3CCCC3)c(C(=O)NCc3ccccc3)c2)cc1. The molecule has 172 valence electrons. The highest BCUT2D eigenvalue weighted by molar-refractivity contribution is 7.92. The van der Waals surface area contributed by atoms with Crippen molar-refractivity contribution in [1.82, 2.24) is 5.32 Å². The van der Waals surface area contributed by atoms with E-state index >= 15 is 0 Å². The molecule has 8 heteroatoms. The van der Waals surface area contributed by atoms with E-state index in [0.29, 0.717) is 23.5 Å². The maximum atomic E-state index is 13.1. The van der Waals surface area contributed by atoms with Crippen molar-refractivity contribution in [1.29, 1.82) is 0 Å². The Balaban J connectivity index is 1.59. The summed E-state index contributed by atoms with van der Waals surface area (Å²) in [6.45, 7) is 2.13. The normalized spacial score (nSPS) is 13.5. The molecule has 0 atom stereocenters. The van der Waals surface area contributed by atoms with Crippen molar-refractivity contribution in [2.75, 3.05) is 29.8 Å². The number of nitrogens with zero attached hydrogens (tertiary/aromatic N) is 1. The molecular formula is C25H27N3O4S. The highest BCUT2D eigenvalue weighted by Crippen LogP contribution is 2.29. The maximum Gasteiger partial charge on any atom is 0.261 e. The van der Waals surface area contributed by atoms with E-state index in [1.807, 2.05) is 36.4 Å². The van der Waals surface area contributed by atoms with Crippen LogP contribution in [0.3, 0.4) is 0 Å². The molecule has 0 aliphatic carbocycles. The summed E-state index contributed by atoms with van der Waals surface area (Å²) >= 11 is 0. The Morgan fingerprint density at radius 1 is 0.970 bits per heavy atom. The number of carbonyl (C=O) groups excluding carboxylic acids is 1. The van der Waals surface area contributed by atoms with Crippen LogP contribution in [-0.4, -0.2) is 34.5 Å². The van der Waals surface area contributed by atoms with Crippen molar-refractivity contribution in [2.24, 2.45) is 0 Å². The van der Waals surface area contributed by atoms with Gasteiger partial charge in [-0.25, -0.2) is 8.42 Å². The third-order valence-corrected chi connectivity index (χ3v) is 7.00. The minimum Gasteiger partial charge on any atom is -0.497 e. The molecule has 0 aromatic heterocycles. The number of carbonyl (C=O) groups is 1. The third kappa shape index (κ3) is 5.46. The number of amides is 1. The van der Waals surface area contributed by atoms with E-state index in [1.165, 1.54) is 19.2 Å². The van der Waals surface area contributed by atoms with E-state index in [1.54, 1.807) is 24.3 Å². The number of anilines is 2. The van der Waals surface area contributed by atoms with Crippen LogP contribution in [0.25, 0.3) is 0 Å². The molecule has 0 bridgehead atoms. The summed E-state index contributed by atoms with van der Waals surface area (Å²) in [5, 5.41) is 2.96. The zero-order valence-electron chi connectivity index (χ0n) is 18.5. The van der Waals surface area contributed by atoms with Crippen LogP contribution >= 0.6 is 0 Å². The largest absolute Gasteiger partial charge is 0.497 e. The van der Waals surface area contributed by atoms with Gasteiger partial charge >= 0.3 is 0 Å². The van der Waals surface area contributed by atoms with Gasteiger partial charge in [0.05, 0.1) is 17.6 Å². The second-order valence-electron chi connectivity index (χ2n) is 7.88. The van der Waals surface area contributed by atoms with Crippen LogP contribution < -0.4 is 19.7 Å². The lowest BCUT2D eigenvalue weighted by atomic mass is 10.1. The topological polar surface area (TPSA) is 87.7 Å². The fourth-order valence-electron chi connectivity index (χ4n) is 3.86. The van der Waals surface area contributed by atoms with E-state index < -0.39 is 10.0 Å². The molecule has 4 rings (SSSR count). The Hall–Kier alpha value is -3.52. The van der Waals surface area contributed by atoms with E-state index in [0.717, 1.165) is 37.2 Å². The molecule has 0 radical (unpaired) electrons. The first-order valence-corrected chi connectivity index (χ1v) is 12.3. The van der Waals surface area contributed by atoms with Crippen LogP contribution in [0, 0.1) is 0 Å². The highest BCUT2D eigenvalue weighted by Gasteiger charge is 2.22. The first-order valence-electron chi connectivity index (χ1n) is 10.8. The molecule has 2 N–H and O–H groups in total. The van der Waals surface area contributed by atoms with Gasteiger partial charge in [0.1, 0.15) is 5.75 Å². The fraction of sp³-hybridized carbons (Fsp3) is 0.240. The van der Waals surface area contributed by atoms with Gasteiger partial charge in [-0.1, -0.05) is 30.3 Å². The number of benzene rings is 3. The summed E-state index contributed by atoms with van der Waals surface area (Å²) in [7, 11) is -2.30. The lowest BCUT2D eigenvalue weighted by Gasteiger charge is -2.22. The Morgan fingerprint density at radius 3 is 2.33 bits per heavy atom. The van der Waals surface area contributed by atoms with Crippen molar-refractivity contribution in [3.8, 4) is 5.75 Å². The zero-order valence-corrected chi connectivity index (χ0v) is 19.3. The van der Waals surface area contributed by atoms with Gasteiger partial charge in [0.2, 0.25) is 0 Å². The molecule has 7 nitrogen and oxygen atoms in total. The molecule has 1 aliphatic rings. The van der Waals surface area contributed by atoms with Gasteiger partial charge < -0.3 is 15.0 Å². The zero-order chi connectivity index (χ0) is 23.3. The van der Waals surface area contributed by atoms with Crippen molar-refractivity contribution in [2.45, 2.75) is 24.3 Å². The molecule has 3 aromatic rings. The Morgan fingerprint density at radius 2 is 1.67 bits per heavy atom. The monoisotopic (exact) mass is 465 g/mol. The average Bonchev–Trinajstić information content (AvgIpc) is 3.38. The van der Waals surface area contributed by atoms with E-state index in [9.17, 15) is 13.2 Å². The molecule has 0 unspecified atom stereocenters. The summed E-state index contributed by atoms with van der Waals surface area (Å²) in [5.74, 6) is 0.326. The third-order valence-electron chi connectivity index (χ3n) is 5.61. The maximum absolute atomic E-state index is 13.1. The average molecular weight is 466 g/mol. The summed E-state index contributed by atoms with van der Waals surface area (Å²) in [5.41, 5.74) is 2.58. The second kappa shape index (κ2) is 9.95. The molecular weight excluding hydrogens is 438 g/mol. The minimum absolute atomic E-state index is 0.113. The predicted octanol–water partition coefficient (Wildman–Crippen LogP) is 4.03. The van der Waals surface area contributed by atoms with Crippen LogP contribution in [0.2, 0.25) is 0 Å². The smallest absolute Gasteiger partial charge is 0.261 e. The molecule has 1 aliphatic heterocycles. The molecule has 1 fully saturated rings. The summed E-state index contributed by atoms with van der Waals surface area (Å²) in [4.78, 5) is 15.4. The minimum atomic E-state index is -3.82. The Kier molecular flexibility index (Phi) is 6.84. The quantitative estimate of drug-likeness (QED) is 0.525. The molecule has 33 heavy (non-hydrogen) atoms. The number of rotatable bonds is 8. The summed E-state index contributed by atoms with van der Waals surface area (Å²) in [6, 6.07) is 20.9.